The summed E-state index contributed by atoms with van der Waals surface area (Å²) in [6.07, 6.45) is 0. The van der Waals surface area contributed by atoms with Crippen LogP contribution in [0.4, 0.5) is 5.69 Å². The topological polar surface area (TPSA) is 37.4 Å². The van der Waals surface area contributed by atoms with Crippen LogP contribution in [-0.4, -0.2) is 11.7 Å². The first-order valence-electron chi connectivity index (χ1n) is 6.27. The summed E-state index contributed by atoms with van der Waals surface area (Å²) in [4.78, 5) is 25.5. The van der Waals surface area contributed by atoms with Crippen LogP contribution in [0.1, 0.15) is 21.5 Å². The molecule has 0 atom stereocenters. The number of anilines is 1. The summed E-state index contributed by atoms with van der Waals surface area (Å²) in [5.41, 5.74) is 3.14. The number of ketones is 1. The van der Waals surface area contributed by atoms with Crippen LogP contribution in [0.3, 0.4) is 0 Å². The van der Waals surface area contributed by atoms with Crippen molar-refractivity contribution >= 4 is 29.0 Å². The van der Waals surface area contributed by atoms with Crippen molar-refractivity contribution in [3.8, 4) is 0 Å². The molecule has 2 aromatic carbocycles. The number of hydrogen-bond donors (Lipinski definition) is 0. The van der Waals surface area contributed by atoms with Gasteiger partial charge in [0.1, 0.15) is 0 Å². The second kappa shape index (κ2) is 4.76. The fourth-order valence-corrected chi connectivity index (χ4v) is 2.47. The molecule has 0 saturated heterocycles. The van der Waals surface area contributed by atoms with Crippen LogP contribution in [0.25, 0.3) is 0 Å². The fraction of sp³-hybridized carbons (Fsp3) is 0.125. The Hall–Kier alpha value is -2.13. The predicted molar refractivity (Wildman–Crippen MR) is 78.2 cm³/mol. The highest BCUT2D eigenvalue weighted by molar-refractivity contribution is 6.52. The maximum atomic E-state index is 12.1. The molecule has 0 saturated carbocycles. The summed E-state index contributed by atoms with van der Waals surface area (Å²) in [5.74, 6) is -0.966. The van der Waals surface area contributed by atoms with E-state index in [0.29, 0.717) is 22.8 Å². The molecular weight excluding hydrogens is 274 g/mol. The van der Waals surface area contributed by atoms with Crippen LogP contribution in [0, 0.1) is 6.92 Å². The number of amides is 1. The minimum atomic E-state index is -0.497. The highest BCUT2D eigenvalue weighted by Crippen LogP contribution is 2.32. The van der Waals surface area contributed by atoms with Gasteiger partial charge in [-0.15, -0.1) is 0 Å². The first-order valence-corrected chi connectivity index (χ1v) is 6.65. The van der Waals surface area contributed by atoms with Gasteiger partial charge in [-0.3, -0.25) is 9.59 Å². The van der Waals surface area contributed by atoms with Gasteiger partial charge in [-0.2, -0.15) is 0 Å². The molecule has 1 aliphatic rings. The molecule has 3 nitrogen and oxygen atoms in total. The van der Waals surface area contributed by atoms with Gasteiger partial charge in [0.15, 0.2) is 0 Å². The van der Waals surface area contributed by atoms with Crippen molar-refractivity contribution in [1.29, 1.82) is 0 Å². The van der Waals surface area contributed by atoms with Gasteiger partial charge in [0.05, 0.1) is 17.8 Å². The molecule has 1 amide bonds. The average molecular weight is 286 g/mol. The number of nitrogens with zero attached hydrogens (tertiary/aromatic N) is 1. The van der Waals surface area contributed by atoms with Gasteiger partial charge in [-0.1, -0.05) is 41.4 Å². The summed E-state index contributed by atoms with van der Waals surface area (Å²) in [6, 6.07) is 12.8. The number of carbonyl (C=O) groups is 2. The van der Waals surface area contributed by atoms with E-state index in [-0.39, 0.29) is 0 Å². The molecule has 0 fully saturated rings. The third-order valence-electron chi connectivity index (χ3n) is 3.40. The number of hydrogen-bond acceptors (Lipinski definition) is 2. The minimum Gasteiger partial charge on any atom is -0.300 e. The maximum Gasteiger partial charge on any atom is 0.299 e. The number of fused-ring (bicyclic) bond motifs is 1. The lowest BCUT2D eigenvalue weighted by molar-refractivity contribution is -0.114. The van der Waals surface area contributed by atoms with Crippen molar-refractivity contribution in [2.24, 2.45) is 0 Å². The van der Waals surface area contributed by atoms with E-state index in [0.717, 1.165) is 11.1 Å². The Bertz CT molecular complexity index is 707. The molecule has 2 aromatic rings. The van der Waals surface area contributed by atoms with E-state index < -0.39 is 11.7 Å². The van der Waals surface area contributed by atoms with Crippen LogP contribution < -0.4 is 4.90 Å². The predicted octanol–water partition coefficient (Wildman–Crippen LogP) is 3.38. The Labute approximate surface area is 121 Å². The monoisotopic (exact) mass is 285 g/mol. The largest absolute Gasteiger partial charge is 0.300 e. The third-order valence-corrected chi connectivity index (χ3v) is 3.63. The van der Waals surface area contributed by atoms with E-state index in [1.54, 1.807) is 18.2 Å². The highest BCUT2D eigenvalue weighted by atomic mass is 35.5. The number of halogens is 1. The van der Waals surface area contributed by atoms with E-state index >= 15 is 0 Å². The van der Waals surface area contributed by atoms with E-state index in [1.165, 1.54) is 4.90 Å². The molecule has 0 bridgehead atoms. The molecule has 1 aliphatic heterocycles. The van der Waals surface area contributed by atoms with Crippen LogP contribution in [-0.2, 0) is 11.3 Å². The number of rotatable bonds is 2. The zero-order valence-electron chi connectivity index (χ0n) is 10.9. The fourth-order valence-electron chi connectivity index (χ4n) is 2.30. The van der Waals surface area contributed by atoms with Crippen LogP contribution >= 0.6 is 11.6 Å². The molecule has 3 rings (SSSR count). The standard InChI is InChI=1S/C16H12ClNO2/c1-10-2-4-11(5-3-10)9-18-14-8-12(17)6-7-13(14)15(19)16(18)20/h2-8H,9H2,1H3. The molecule has 0 N–H and O–H groups in total. The van der Waals surface area contributed by atoms with E-state index in [1.807, 2.05) is 31.2 Å². The molecule has 0 aromatic heterocycles. The second-order valence-corrected chi connectivity index (χ2v) is 5.30. The highest BCUT2D eigenvalue weighted by Gasteiger charge is 2.35. The molecule has 0 unspecified atom stereocenters. The molecule has 100 valence electrons. The van der Waals surface area contributed by atoms with Gasteiger partial charge >= 0.3 is 0 Å². The Balaban J connectivity index is 1.98. The quantitative estimate of drug-likeness (QED) is 0.793. The van der Waals surface area contributed by atoms with Gasteiger partial charge in [-0.25, -0.2) is 0 Å². The molecule has 0 radical (unpaired) electrons. The smallest absolute Gasteiger partial charge is 0.299 e. The number of benzene rings is 2. The van der Waals surface area contributed by atoms with Crippen molar-refractivity contribution in [2.45, 2.75) is 13.5 Å². The SMILES string of the molecule is Cc1ccc(CN2C(=O)C(=O)c3ccc(Cl)cc32)cc1. The summed E-state index contributed by atoms with van der Waals surface area (Å²) in [6.45, 7) is 2.38. The van der Waals surface area contributed by atoms with E-state index in [9.17, 15) is 9.59 Å². The van der Waals surface area contributed by atoms with Crippen LogP contribution in [0.2, 0.25) is 5.02 Å². The lowest BCUT2D eigenvalue weighted by atomic mass is 10.1. The van der Waals surface area contributed by atoms with Gasteiger partial charge in [-0.05, 0) is 30.7 Å². The Morgan fingerprint density at radius 1 is 1.05 bits per heavy atom. The van der Waals surface area contributed by atoms with E-state index in [4.69, 9.17) is 11.6 Å². The first-order chi connectivity index (χ1) is 9.56. The maximum absolute atomic E-state index is 12.1. The molecule has 20 heavy (non-hydrogen) atoms. The van der Waals surface area contributed by atoms with E-state index in [2.05, 4.69) is 0 Å². The molecule has 1 heterocycles. The lowest BCUT2D eigenvalue weighted by Crippen LogP contribution is -2.29. The Morgan fingerprint density at radius 3 is 2.45 bits per heavy atom. The summed E-state index contributed by atoms with van der Waals surface area (Å²) < 4.78 is 0. The van der Waals surface area contributed by atoms with Crippen molar-refractivity contribution < 1.29 is 9.59 Å². The zero-order chi connectivity index (χ0) is 14.3. The van der Waals surface area contributed by atoms with Crippen LogP contribution in [0.5, 0.6) is 0 Å². The van der Waals surface area contributed by atoms with Gasteiger partial charge in [0.2, 0.25) is 0 Å². The average Bonchev–Trinajstić information content (AvgIpc) is 2.66. The number of aryl methyl sites for hydroxylation is 1. The van der Waals surface area contributed by atoms with Crippen molar-refractivity contribution in [3.63, 3.8) is 0 Å². The normalized spacial score (nSPS) is 13.8. The molecule has 4 heteroatoms. The van der Waals surface area contributed by atoms with Crippen LogP contribution in [0.15, 0.2) is 42.5 Å². The summed E-state index contributed by atoms with van der Waals surface area (Å²) >= 11 is 5.96. The number of Topliss-reactive ketones (excluding diaryl/α,β-unsaturated/α-hetero) is 1. The zero-order valence-corrected chi connectivity index (χ0v) is 11.6. The minimum absolute atomic E-state index is 0.373. The van der Waals surface area contributed by atoms with Crippen molar-refractivity contribution in [3.05, 3.63) is 64.2 Å². The van der Waals surface area contributed by atoms with Gasteiger partial charge in [0.25, 0.3) is 11.7 Å². The summed E-state index contributed by atoms with van der Waals surface area (Å²) in [5, 5.41) is 0.514. The second-order valence-electron chi connectivity index (χ2n) is 4.87. The Morgan fingerprint density at radius 2 is 1.75 bits per heavy atom. The molecule has 0 aliphatic carbocycles. The summed E-state index contributed by atoms with van der Waals surface area (Å²) in [7, 11) is 0. The third kappa shape index (κ3) is 2.10. The van der Waals surface area contributed by atoms with Crippen molar-refractivity contribution in [2.75, 3.05) is 4.90 Å². The molecular formula is C16H12ClNO2. The van der Waals surface area contributed by atoms with Gasteiger partial charge < -0.3 is 4.90 Å². The van der Waals surface area contributed by atoms with Crippen molar-refractivity contribution in [1.82, 2.24) is 0 Å². The molecule has 0 spiro atoms. The Kier molecular flexibility index (Phi) is 3.07. The first kappa shape index (κ1) is 12.9. The van der Waals surface area contributed by atoms with Gasteiger partial charge in [0, 0.05) is 5.02 Å². The lowest BCUT2D eigenvalue weighted by Gasteiger charge is -2.16. The number of carbonyl (C=O) groups excluding carboxylic acids is 2.